The normalized spacial score (nSPS) is 40.5. The third-order valence-electron chi connectivity index (χ3n) is 2.43. The number of rotatable bonds is 1. The molecule has 0 aromatic carbocycles. The molecule has 2 atom stereocenters. The van der Waals surface area contributed by atoms with Crippen LogP contribution in [-0.2, 0) is 0 Å². The van der Waals surface area contributed by atoms with Crippen molar-refractivity contribution in [3.8, 4) is 0 Å². The first kappa shape index (κ1) is 5.11. The second-order valence-electron chi connectivity index (χ2n) is 3.59. The zero-order valence-electron chi connectivity index (χ0n) is 11.7. The minimum Gasteiger partial charge on any atom is -0.299 e. The molecule has 0 spiro atoms. The monoisotopic (exact) mass is 180 g/mol. The summed E-state index contributed by atoms with van der Waals surface area (Å²) in [6.45, 7) is -0.107. The molecule has 1 fully saturated rings. The van der Waals surface area contributed by atoms with Crippen LogP contribution in [0, 0.1) is 5.89 Å². The standard InChI is InChI=1S/C11H16N2/c1-9-6-11(13(2)8-9)10-4-3-5-12-7-10/h3-5,7,9,11H,6,8H2,1-2H3/t9?,11-/m0/s1/i2D3,9D. The number of hydrogen-bond acceptors (Lipinski definition) is 2. The topological polar surface area (TPSA) is 16.1 Å². The predicted molar refractivity (Wildman–Crippen MR) is 53.4 cm³/mol. The lowest BCUT2D eigenvalue weighted by Crippen LogP contribution is -2.18. The SMILES string of the molecule is [2H]C1(C)C[C@@H](c2cccnc2)N(C([2H])([2H])[2H])C1. The highest BCUT2D eigenvalue weighted by Gasteiger charge is 2.27. The molecular weight excluding hydrogens is 160 g/mol. The minimum atomic E-state index is -2.15. The van der Waals surface area contributed by atoms with E-state index in [4.69, 9.17) is 5.48 Å². The Labute approximate surface area is 85.2 Å². The van der Waals surface area contributed by atoms with Gasteiger partial charge >= 0.3 is 0 Å². The Hall–Kier alpha value is -0.890. The second-order valence-corrected chi connectivity index (χ2v) is 3.59. The average Bonchev–Trinajstić information content (AvgIpc) is 2.56. The van der Waals surface area contributed by atoms with Gasteiger partial charge in [0.2, 0.25) is 0 Å². The highest BCUT2D eigenvalue weighted by molar-refractivity contribution is 5.15. The van der Waals surface area contributed by atoms with E-state index in [1.165, 1.54) is 4.90 Å². The van der Waals surface area contributed by atoms with Gasteiger partial charge in [0.1, 0.15) is 0 Å². The van der Waals surface area contributed by atoms with E-state index < -0.39 is 12.9 Å². The van der Waals surface area contributed by atoms with Crippen molar-refractivity contribution in [3.05, 3.63) is 30.1 Å². The first-order valence-corrected chi connectivity index (χ1v) is 4.46. The molecule has 2 heterocycles. The maximum absolute atomic E-state index is 8.06. The third-order valence-corrected chi connectivity index (χ3v) is 2.43. The van der Waals surface area contributed by atoms with E-state index >= 15 is 0 Å². The van der Waals surface area contributed by atoms with Gasteiger partial charge in [0.15, 0.2) is 0 Å². The number of pyridine rings is 1. The number of aromatic nitrogens is 1. The molecule has 1 aliphatic heterocycles. The highest BCUT2D eigenvalue weighted by atomic mass is 15.2. The van der Waals surface area contributed by atoms with Crippen LogP contribution in [0.1, 0.15) is 30.4 Å². The Morgan fingerprint density at radius 3 is 3.38 bits per heavy atom. The van der Waals surface area contributed by atoms with Gasteiger partial charge in [-0.25, -0.2) is 0 Å². The van der Waals surface area contributed by atoms with E-state index in [1.54, 1.807) is 25.4 Å². The van der Waals surface area contributed by atoms with Crippen molar-refractivity contribution >= 4 is 0 Å². The van der Waals surface area contributed by atoms with Crippen LogP contribution in [0.4, 0.5) is 0 Å². The van der Waals surface area contributed by atoms with Gasteiger partial charge in [-0.15, -0.1) is 0 Å². The Bertz CT molecular complexity index is 388. The van der Waals surface area contributed by atoms with Gasteiger partial charge in [0, 0.05) is 30.5 Å². The van der Waals surface area contributed by atoms with Gasteiger partial charge < -0.3 is 0 Å². The molecule has 0 bridgehead atoms. The molecule has 2 heteroatoms. The lowest BCUT2D eigenvalue weighted by atomic mass is 10.0. The molecule has 0 N–H and O–H groups in total. The van der Waals surface area contributed by atoms with Crippen LogP contribution in [0.5, 0.6) is 0 Å². The molecule has 0 radical (unpaired) electrons. The lowest BCUT2D eigenvalue weighted by Gasteiger charge is -2.18. The van der Waals surface area contributed by atoms with Crippen LogP contribution < -0.4 is 0 Å². The molecule has 13 heavy (non-hydrogen) atoms. The fourth-order valence-corrected chi connectivity index (χ4v) is 1.78. The molecule has 1 saturated heterocycles. The first-order chi connectivity index (χ1) is 7.80. The predicted octanol–water partition coefficient (Wildman–Crippen LogP) is 2.09. The maximum atomic E-state index is 8.06. The maximum Gasteiger partial charge on any atom is 0.0394 e. The summed E-state index contributed by atoms with van der Waals surface area (Å²) in [7, 11) is 0. The number of hydrogen-bond donors (Lipinski definition) is 0. The summed E-state index contributed by atoms with van der Waals surface area (Å²) in [5.41, 5.74) is 0.875. The van der Waals surface area contributed by atoms with E-state index in [0.717, 1.165) is 5.56 Å². The van der Waals surface area contributed by atoms with E-state index in [0.29, 0.717) is 6.42 Å². The Kier molecular flexibility index (Phi) is 1.36. The molecule has 1 aromatic rings. The van der Waals surface area contributed by atoms with Crippen molar-refractivity contribution in [1.82, 2.24) is 9.88 Å². The molecule has 1 unspecified atom stereocenters. The fourth-order valence-electron chi connectivity index (χ4n) is 1.78. The molecule has 0 amide bonds. The van der Waals surface area contributed by atoms with Gasteiger partial charge in [0.25, 0.3) is 0 Å². The highest BCUT2D eigenvalue weighted by Crippen LogP contribution is 2.32. The van der Waals surface area contributed by atoms with Gasteiger partial charge in [0.05, 0.1) is 0 Å². The van der Waals surface area contributed by atoms with Crippen molar-refractivity contribution in [2.45, 2.75) is 19.4 Å². The molecule has 70 valence electrons. The van der Waals surface area contributed by atoms with Crippen LogP contribution in [0.25, 0.3) is 0 Å². The van der Waals surface area contributed by atoms with Gasteiger partial charge in [-0.3, -0.25) is 9.88 Å². The average molecular weight is 180 g/mol. The Morgan fingerprint density at radius 2 is 2.69 bits per heavy atom. The van der Waals surface area contributed by atoms with Gasteiger partial charge in [-0.2, -0.15) is 0 Å². The number of likely N-dealkylation sites (tertiary alicyclic amines) is 1. The van der Waals surface area contributed by atoms with Gasteiger partial charge in [-0.05, 0) is 30.9 Å². The van der Waals surface area contributed by atoms with Crippen molar-refractivity contribution in [1.29, 1.82) is 0 Å². The number of nitrogens with zero attached hydrogens (tertiary/aromatic N) is 2. The van der Waals surface area contributed by atoms with Crippen LogP contribution in [-0.4, -0.2) is 23.4 Å². The van der Waals surface area contributed by atoms with E-state index in [9.17, 15) is 0 Å². The Morgan fingerprint density at radius 1 is 1.77 bits per heavy atom. The lowest BCUT2D eigenvalue weighted by molar-refractivity contribution is 0.314. The van der Waals surface area contributed by atoms with E-state index in [2.05, 4.69) is 4.98 Å². The van der Waals surface area contributed by atoms with Crippen LogP contribution in [0.3, 0.4) is 0 Å². The summed E-state index contributed by atoms with van der Waals surface area (Å²) in [4.78, 5) is 5.45. The van der Waals surface area contributed by atoms with Crippen LogP contribution in [0.2, 0.25) is 0 Å². The molecule has 2 rings (SSSR count). The van der Waals surface area contributed by atoms with Crippen molar-refractivity contribution in [3.63, 3.8) is 0 Å². The van der Waals surface area contributed by atoms with Gasteiger partial charge in [-0.1, -0.05) is 13.0 Å². The zero-order valence-corrected chi connectivity index (χ0v) is 7.70. The van der Waals surface area contributed by atoms with E-state index in [1.807, 2.05) is 6.07 Å². The fraction of sp³-hybridized carbons (Fsp3) is 0.545. The van der Waals surface area contributed by atoms with Crippen LogP contribution in [0.15, 0.2) is 24.5 Å². The van der Waals surface area contributed by atoms with Crippen LogP contribution >= 0.6 is 0 Å². The molecule has 1 aromatic heterocycles. The largest absolute Gasteiger partial charge is 0.299 e. The molecule has 0 saturated carbocycles. The molecular formula is C11H16N2. The zero-order chi connectivity index (χ0) is 12.7. The molecule has 2 nitrogen and oxygen atoms in total. The third kappa shape index (κ3) is 1.73. The summed E-state index contributed by atoms with van der Waals surface area (Å²) < 4.78 is 30.7. The van der Waals surface area contributed by atoms with E-state index in [-0.39, 0.29) is 12.6 Å². The summed E-state index contributed by atoms with van der Waals surface area (Å²) in [5.74, 6) is -0.713. The molecule has 0 aliphatic carbocycles. The Balaban J connectivity index is 2.32. The second kappa shape index (κ2) is 3.46. The first-order valence-electron chi connectivity index (χ1n) is 6.46. The van der Waals surface area contributed by atoms with Crippen molar-refractivity contribution < 1.29 is 5.48 Å². The summed E-state index contributed by atoms with van der Waals surface area (Å²) >= 11 is 0. The summed E-state index contributed by atoms with van der Waals surface area (Å²) in [6, 6.07) is 3.43. The molecule has 1 aliphatic rings. The smallest absolute Gasteiger partial charge is 0.0394 e. The summed E-state index contributed by atoms with van der Waals surface area (Å²) in [6.07, 6.45) is 3.87. The minimum absolute atomic E-state index is 0.237. The van der Waals surface area contributed by atoms with Crippen molar-refractivity contribution in [2.24, 2.45) is 5.89 Å². The van der Waals surface area contributed by atoms with Crippen molar-refractivity contribution in [2.75, 3.05) is 13.5 Å². The summed E-state index contributed by atoms with van der Waals surface area (Å²) in [5, 5.41) is 0. The quantitative estimate of drug-likeness (QED) is 0.658.